The number of ether oxygens (including phenoxy) is 2. The molecule has 1 N–H and O–H groups in total. The first kappa shape index (κ1) is 30.8. The fourth-order valence-electron chi connectivity index (χ4n) is 6.62. The second-order valence-corrected chi connectivity index (χ2v) is 13.5. The molecule has 240 valence electrons. The molecule has 12 heteroatoms. The van der Waals surface area contributed by atoms with Gasteiger partial charge in [0.05, 0.1) is 18.0 Å². The van der Waals surface area contributed by atoms with Gasteiger partial charge >= 0.3 is 6.09 Å². The van der Waals surface area contributed by atoms with Gasteiger partial charge in [-0.25, -0.2) is 14.3 Å². The summed E-state index contributed by atoms with van der Waals surface area (Å²) >= 11 is 0. The first-order chi connectivity index (χ1) is 21.5. The maximum atomic E-state index is 13.7. The summed E-state index contributed by atoms with van der Waals surface area (Å²) in [6.07, 6.45) is 8.34. The Morgan fingerprint density at radius 2 is 1.73 bits per heavy atom. The predicted octanol–water partition coefficient (Wildman–Crippen LogP) is 4.59. The van der Waals surface area contributed by atoms with Gasteiger partial charge in [0.25, 0.3) is 11.8 Å². The number of hydrogen-bond donors (Lipinski definition) is 1. The summed E-state index contributed by atoms with van der Waals surface area (Å²) in [4.78, 5) is 50.0. The summed E-state index contributed by atoms with van der Waals surface area (Å²) in [5, 5.41) is 7.21. The van der Waals surface area contributed by atoms with E-state index in [2.05, 4.69) is 20.3 Å². The maximum absolute atomic E-state index is 13.7. The normalized spacial score (nSPS) is 20.9. The van der Waals surface area contributed by atoms with Crippen molar-refractivity contribution in [2.45, 2.75) is 90.6 Å². The second-order valence-electron chi connectivity index (χ2n) is 13.5. The van der Waals surface area contributed by atoms with Crippen LogP contribution in [0.3, 0.4) is 0 Å². The molecule has 1 aliphatic carbocycles. The molecule has 3 aromatic rings. The van der Waals surface area contributed by atoms with Crippen molar-refractivity contribution in [3.8, 4) is 5.75 Å². The minimum Gasteiger partial charge on any atom is -0.489 e. The number of rotatable bonds is 6. The molecule has 45 heavy (non-hydrogen) atoms. The average molecular weight is 618 g/mol. The molecule has 12 nitrogen and oxygen atoms in total. The molecular weight excluding hydrogens is 574 g/mol. The molecule has 1 aromatic carbocycles. The van der Waals surface area contributed by atoms with E-state index in [1.54, 1.807) is 33.9 Å². The van der Waals surface area contributed by atoms with Gasteiger partial charge in [0, 0.05) is 62.8 Å². The average Bonchev–Trinajstić information content (AvgIpc) is 3.57. The molecule has 0 unspecified atom stereocenters. The van der Waals surface area contributed by atoms with Crippen molar-refractivity contribution < 1.29 is 23.9 Å². The number of nitrogens with zero attached hydrogens (tertiary/aromatic N) is 6. The Kier molecular flexibility index (Phi) is 8.43. The van der Waals surface area contributed by atoms with Crippen LogP contribution in [0.4, 0.5) is 10.5 Å². The molecule has 3 aliphatic rings. The number of benzene rings is 1. The molecule has 4 heterocycles. The first-order valence-electron chi connectivity index (χ1n) is 15.9. The number of carbonyl (C=O) groups is 3. The van der Waals surface area contributed by atoms with Crippen molar-refractivity contribution in [3.63, 3.8) is 0 Å². The Bertz CT molecular complexity index is 1580. The number of anilines is 1. The highest BCUT2D eigenvalue weighted by Crippen LogP contribution is 2.38. The van der Waals surface area contributed by atoms with E-state index in [0.717, 1.165) is 44.3 Å². The molecule has 1 saturated carbocycles. The molecule has 3 amide bonds. The number of amides is 3. The van der Waals surface area contributed by atoms with Crippen molar-refractivity contribution in [1.82, 2.24) is 29.3 Å². The number of aromatic nitrogens is 3. The summed E-state index contributed by atoms with van der Waals surface area (Å²) < 4.78 is 13.2. The van der Waals surface area contributed by atoms with Crippen LogP contribution in [0, 0.1) is 0 Å². The van der Waals surface area contributed by atoms with Crippen molar-refractivity contribution in [2.75, 3.05) is 31.5 Å². The van der Waals surface area contributed by atoms with Gasteiger partial charge in [0.1, 0.15) is 16.9 Å². The third kappa shape index (κ3) is 6.61. The Labute approximate surface area is 263 Å². The third-order valence-corrected chi connectivity index (χ3v) is 8.76. The first-order valence-corrected chi connectivity index (χ1v) is 15.9. The largest absolute Gasteiger partial charge is 0.489 e. The van der Waals surface area contributed by atoms with Crippen LogP contribution in [0.5, 0.6) is 5.75 Å². The molecule has 0 spiro atoms. The molecule has 1 saturated heterocycles. The minimum absolute atomic E-state index is 0.0118. The van der Waals surface area contributed by atoms with E-state index < -0.39 is 5.60 Å². The molecule has 0 radical (unpaired) electrons. The summed E-state index contributed by atoms with van der Waals surface area (Å²) in [5.41, 5.74) is 2.35. The van der Waals surface area contributed by atoms with E-state index in [9.17, 15) is 14.4 Å². The van der Waals surface area contributed by atoms with Gasteiger partial charge in [-0.05, 0) is 84.1 Å². The summed E-state index contributed by atoms with van der Waals surface area (Å²) in [6.45, 7) is 13.0. The van der Waals surface area contributed by atoms with Crippen LogP contribution in [0.25, 0.3) is 5.65 Å². The lowest BCUT2D eigenvalue weighted by Gasteiger charge is -2.43. The fourth-order valence-corrected chi connectivity index (χ4v) is 6.62. The van der Waals surface area contributed by atoms with E-state index >= 15 is 0 Å². The lowest BCUT2D eigenvalue weighted by Crippen LogP contribution is -2.54. The van der Waals surface area contributed by atoms with Gasteiger partial charge in [-0.2, -0.15) is 5.10 Å². The summed E-state index contributed by atoms with van der Waals surface area (Å²) in [6, 6.07) is 6.00. The van der Waals surface area contributed by atoms with Crippen LogP contribution >= 0.6 is 0 Å². The minimum atomic E-state index is -0.495. The lowest BCUT2D eigenvalue weighted by atomic mass is 9.89. The number of carbonyl (C=O) groups excluding carboxylic acids is 3. The third-order valence-electron chi connectivity index (χ3n) is 8.76. The van der Waals surface area contributed by atoms with Gasteiger partial charge in [-0.3, -0.25) is 14.5 Å². The Morgan fingerprint density at radius 1 is 1.02 bits per heavy atom. The van der Waals surface area contributed by atoms with Gasteiger partial charge < -0.3 is 24.6 Å². The van der Waals surface area contributed by atoms with E-state index in [1.807, 2.05) is 45.6 Å². The molecule has 0 bridgehead atoms. The summed E-state index contributed by atoms with van der Waals surface area (Å²) in [5.74, 6) is 0.132. The Hall–Kier alpha value is -4.19. The van der Waals surface area contributed by atoms with Crippen LogP contribution in [0.2, 0.25) is 0 Å². The lowest BCUT2D eigenvalue weighted by molar-refractivity contribution is 0.00613. The molecule has 6 rings (SSSR count). The summed E-state index contributed by atoms with van der Waals surface area (Å²) in [7, 11) is 0. The van der Waals surface area contributed by atoms with Crippen molar-refractivity contribution >= 4 is 29.2 Å². The zero-order chi connectivity index (χ0) is 31.9. The zero-order valence-electron chi connectivity index (χ0n) is 26.8. The van der Waals surface area contributed by atoms with Gasteiger partial charge in [0.2, 0.25) is 0 Å². The van der Waals surface area contributed by atoms with Crippen LogP contribution in [0.1, 0.15) is 86.6 Å². The van der Waals surface area contributed by atoms with Crippen LogP contribution < -0.4 is 10.1 Å². The zero-order valence-corrected chi connectivity index (χ0v) is 26.8. The molecule has 2 aliphatic heterocycles. The number of fused-ring (bicyclic) bond motifs is 2. The van der Waals surface area contributed by atoms with Gasteiger partial charge in [-0.1, -0.05) is 0 Å². The maximum Gasteiger partial charge on any atom is 0.410 e. The number of nitrogens with one attached hydrogen (secondary N) is 1. The highest BCUT2D eigenvalue weighted by Gasteiger charge is 2.38. The second kappa shape index (κ2) is 12.3. The van der Waals surface area contributed by atoms with E-state index in [0.29, 0.717) is 53.9 Å². The quantitative estimate of drug-likeness (QED) is 0.427. The molecular formula is C33H43N7O5. The van der Waals surface area contributed by atoms with Crippen LogP contribution in [-0.4, -0.2) is 97.2 Å². The van der Waals surface area contributed by atoms with E-state index in [4.69, 9.17) is 9.47 Å². The Morgan fingerprint density at radius 3 is 2.42 bits per heavy atom. The van der Waals surface area contributed by atoms with Crippen LogP contribution in [-0.2, 0) is 11.3 Å². The Balaban J connectivity index is 1.09. The number of hydrogen-bond acceptors (Lipinski definition) is 8. The topological polar surface area (TPSA) is 122 Å². The molecule has 2 aromatic heterocycles. The van der Waals surface area contributed by atoms with E-state index in [-0.39, 0.29) is 30.1 Å². The monoisotopic (exact) mass is 617 g/mol. The molecule has 0 atom stereocenters. The van der Waals surface area contributed by atoms with Crippen molar-refractivity contribution in [2.24, 2.45) is 0 Å². The molecule has 2 fully saturated rings. The van der Waals surface area contributed by atoms with Gasteiger partial charge in [0.15, 0.2) is 5.65 Å². The van der Waals surface area contributed by atoms with E-state index in [1.165, 1.54) is 6.20 Å². The standard InChI is InChI=1S/C33H43N7O5/c1-21(2)44-28-18-25-22(17-27(28)36-30(41)26-19-35-40-12-6-11-34-29(26)40)20-39(31(25)42)24-9-7-23(8-10-24)37-13-15-38(16-14-37)32(43)45-33(3,4)5/h6,11-12,17-19,21,23-24H,7-10,13-16,20H2,1-5H3,(H,36,41). The van der Waals surface area contributed by atoms with Crippen molar-refractivity contribution in [3.05, 3.63) is 53.5 Å². The highest BCUT2D eigenvalue weighted by molar-refractivity contribution is 6.09. The predicted molar refractivity (Wildman–Crippen MR) is 168 cm³/mol. The highest BCUT2D eigenvalue weighted by atomic mass is 16.6. The SMILES string of the molecule is CC(C)Oc1cc2c(cc1NC(=O)c1cnn3cccnc13)CN(C1CCC(N3CCN(C(=O)OC(C)(C)C)CC3)CC1)C2=O. The van der Waals surface area contributed by atoms with Crippen LogP contribution in [0.15, 0.2) is 36.8 Å². The van der Waals surface area contributed by atoms with Gasteiger partial charge in [-0.15, -0.1) is 0 Å². The fraction of sp³-hybridized carbons (Fsp3) is 0.545. The van der Waals surface area contributed by atoms with Crippen molar-refractivity contribution in [1.29, 1.82) is 0 Å². The number of piperazine rings is 1. The smallest absolute Gasteiger partial charge is 0.410 e.